The highest BCUT2D eigenvalue weighted by molar-refractivity contribution is 6.05. The third-order valence-electron chi connectivity index (χ3n) is 7.31. The zero-order chi connectivity index (χ0) is 32.0. The lowest BCUT2D eigenvalue weighted by Crippen LogP contribution is -2.52. The van der Waals surface area contributed by atoms with E-state index < -0.39 is 36.2 Å². The van der Waals surface area contributed by atoms with Crippen LogP contribution in [0.5, 0.6) is 5.75 Å². The van der Waals surface area contributed by atoms with Crippen molar-refractivity contribution in [3.8, 4) is 5.75 Å². The molecule has 2 aliphatic rings. The van der Waals surface area contributed by atoms with Gasteiger partial charge in [0.05, 0.1) is 12.1 Å². The van der Waals surface area contributed by atoms with E-state index in [-0.39, 0.29) is 30.2 Å². The zero-order valence-electron chi connectivity index (χ0n) is 25.3. The summed E-state index contributed by atoms with van der Waals surface area (Å²) >= 11 is 0. The van der Waals surface area contributed by atoms with Crippen LogP contribution in [0, 0.1) is 12.3 Å². The van der Waals surface area contributed by atoms with Crippen molar-refractivity contribution >= 4 is 41.7 Å². The first kappa shape index (κ1) is 31.7. The van der Waals surface area contributed by atoms with Gasteiger partial charge in [0.1, 0.15) is 18.1 Å². The molecule has 0 saturated heterocycles. The van der Waals surface area contributed by atoms with Gasteiger partial charge in [0.15, 0.2) is 5.84 Å². The number of hydrogen-bond acceptors (Lipinski definition) is 10. The standard InChI is InChI=1S/C31H36N6O7/c1-6-32-28(40)23-16-37-26(31(23,4)5)27(33-17-34-37)35-24-15-21(11-8-19(24)3)29(41)36(7-2)30(42)44-18-43-25(39)14-20-9-12-22(38)13-10-20/h8-13,15-17,26,38H,6-7,14,18H2,1-5H3,(H,32,40)(H,33,34,35). The van der Waals surface area contributed by atoms with E-state index in [9.17, 15) is 24.3 Å². The second-order valence-electron chi connectivity index (χ2n) is 10.7. The molecule has 44 heavy (non-hydrogen) atoms. The van der Waals surface area contributed by atoms with Crippen LogP contribution in [0.15, 0.2) is 64.2 Å². The minimum absolute atomic E-state index is 0.00626. The summed E-state index contributed by atoms with van der Waals surface area (Å²) in [6.07, 6.45) is 2.18. The van der Waals surface area contributed by atoms with E-state index in [1.165, 1.54) is 18.5 Å². The number of imide groups is 1. The van der Waals surface area contributed by atoms with Gasteiger partial charge in [0.25, 0.3) is 5.91 Å². The minimum Gasteiger partial charge on any atom is -0.508 e. The number of esters is 1. The van der Waals surface area contributed by atoms with E-state index in [2.05, 4.69) is 15.7 Å². The van der Waals surface area contributed by atoms with Crippen molar-refractivity contribution in [2.75, 3.05) is 19.9 Å². The number of fused-ring (bicyclic) bond motifs is 1. The number of likely N-dealkylation sites (N-methyl/N-ethyl adjacent to an activating group) is 1. The Morgan fingerprint density at radius 2 is 1.84 bits per heavy atom. The van der Waals surface area contributed by atoms with Crippen LogP contribution in [0.2, 0.25) is 0 Å². The molecule has 2 aromatic rings. The average Bonchev–Trinajstić information content (AvgIpc) is 3.27. The molecule has 2 aliphatic heterocycles. The number of aryl methyl sites for hydroxylation is 1. The van der Waals surface area contributed by atoms with Crippen molar-refractivity contribution < 1.29 is 33.8 Å². The molecule has 2 heterocycles. The van der Waals surface area contributed by atoms with Crippen LogP contribution in [0.3, 0.4) is 0 Å². The average molecular weight is 605 g/mol. The minimum atomic E-state index is -0.973. The monoisotopic (exact) mass is 604 g/mol. The first-order valence-electron chi connectivity index (χ1n) is 14.1. The number of amidine groups is 1. The summed E-state index contributed by atoms with van der Waals surface area (Å²) in [5, 5.41) is 14.0. The fourth-order valence-corrected chi connectivity index (χ4v) is 4.92. The predicted octanol–water partition coefficient (Wildman–Crippen LogP) is 3.35. The van der Waals surface area contributed by atoms with Crippen LogP contribution in [-0.2, 0) is 25.5 Å². The van der Waals surface area contributed by atoms with E-state index in [4.69, 9.17) is 14.5 Å². The Labute approximate surface area is 255 Å². The van der Waals surface area contributed by atoms with E-state index >= 15 is 0 Å². The van der Waals surface area contributed by atoms with E-state index in [0.717, 1.165) is 10.5 Å². The Morgan fingerprint density at radius 1 is 1.11 bits per heavy atom. The molecule has 4 rings (SSSR count). The highest BCUT2D eigenvalue weighted by atomic mass is 16.7. The van der Waals surface area contributed by atoms with Crippen LogP contribution in [0.4, 0.5) is 10.5 Å². The van der Waals surface area contributed by atoms with Gasteiger partial charge in [0.2, 0.25) is 12.7 Å². The molecule has 3 N–H and O–H groups in total. The maximum atomic E-state index is 13.4. The van der Waals surface area contributed by atoms with Crippen molar-refractivity contribution in [1.29, 1.82) is 0 Å². The fourth-order valence-electron chi connectivity index (χ4n) is 4.92. The number of nitrogens with one attached hydrogen (secondary N) is 2. The number of phenolic OH excluding ortho intramolecular Hbond substituents is 1. The van der Waals surface area contributed by atoms with Crippen LogP contribution < -0.4 is 10.7 Å². The van der Waals surface area contributed by atoms with Gasteiger partial charge in [-0.15, -0.1) is 0 Å². The number of hydrogen-bond donors (Lipinski definition) is 3. The molecule has 1 unspecified atom stereocenters. The fraction of sp³-hybridized carbons (Fsp3) is 0.355. The van der Waals surface area contributed by atoms with Gasteiger partial charge in [-0.2, -0.15) is 0 Å². The van der Waals surface area contributed by atoms with Gasteiger partial charge < -0.3 is 19.9 Å². The van der Waals surface area contributed by atoms with E-state index in [1.54, 1.807) is 48.5 Å². The molecule has 13 heteroatoms. The number of aromatic hydroxyl groups is 1. The molecule has 2 aromatic carbocycles. The smallest absolute Gasteiger partial charge is 0.419 e. The molecule has 13 nitrogen and oxygen atoms in total. The Balaban J connectivity index is 1.45. The number of hydrazine groups is 1. The number of benzene rings is 2. The number of rotatable bonds is 9. The Hall–Kier alpha value is -5.20. The van der Waals surface area contributed by atoms with E-state index in [0.29, 0.717) is 29.2 Å². The van der Waals surface area contributed by atoms with Crippen LogP contribution in [0.1, 0.15) is 49.2 Å². The number of nitrogens with zero attached hydrogens (tertiary/aromatic N) is 4. The molecule has 0 saturated carbocycles. The van der Waals surface area contributed by atoms with Gasteiger partial charge in [-0.3, -0.25) is 24.8 Å². The number of aliphatic imine (C=N–C) groups is 2. The first-order valence-corrected chi connectivity index (χ1v) is 14.1. The van der Waals surface area contributed by atoms with Gasteiger partial charge in [-0.25, -0.2) is 19.7 Å². The number of ether oxygens (including phenoxy) is 2. The lowest BCUT2D eigenvalue weighted by molar-refractivity contribution is -0.151. The lowest BCUT2D eigenvalue weighted by Gasteiger charge is -2.36. The first-order chi connectivity index (χ1) is 21.0. The molecule has 3 amide bonds. The van der Waals surface area contributed by atoms with Crippen LogP contribution in [0.25, 0.3) is 0 Å². The third-order valence-corrected chi connectivity index (χ3v) is 7.31. The van der Waals surface area contributed by atoms with Crippen LogP contribution >= 0.6 is 0 Å². The number of amides is 3. The van der Waals surface area contributed by atoms with Gasteiger partial charge >= 0.3 is 12.1 Å². The molecule has 0 fully saturated rings. The molecule has 0 spiro atoms. The molecular weight excluding hydrogens is 568 g/mol. The normalized spacial score (nSPS) is 17.3. The molecule has 0 aliphatic carbocycles. The molecule has 1 atom stereocenters. The van der Waals surface area contributed by atoms with Crippen molar-refractivity contribution in [2.45, 2.75) is 47.1 Å². The highest BCUT2D eigenvalue weighted by Crippen LogP contribution is 2.41. The maximum absolute atomic E-state index is 13.4. The Morgan fingerprint density at radius 3 is 2.52 bits per heavy atom. The number of carbonyl (C=O) groups is 4. The Bertz CT molecular complexity index is 1530. The van der Waals surface area contributed by atoms with Gasteiger partial charge in [-0.05, 0) is 56.2 Å². The SMILES string of the molecule is CCNC(=O)C1=CN2NC=NC(=Nc3cc(C(=O)N(CC)C(=O)OCOC(=O)Cc4ccc(O)cc4)ccc3C)C2C1(C)C. The second kappa shape index (κ2) is 13.4. The van der Waals surface area contributed by atoms with Crippen molar-refractivity contribution in [1.82, 2.24) is 20.7 Å². The van der Waals surface area contributed by atoms with E-state index in [1.807, 2.05) is 27.7 Å². The van der Waals surface area contributed by atoms with Crippen molar-refractivity contribution in [3.63, 3.8) is 0 Å². The summed E-state index contributed by atoms with van der Waals surface area (Å²) in [5.74, 6) is -0.917. The molecular formula is C31H36N6O7. The van der Waals surface area contributed by atoms with Crippen LogP contribution in [-0.4, -0.2) is 77.0 Å². The second-order valence-corrected chi connectivity index (χ2v) is 10.7. The summed E-state index contributed by atoms with van der Waals surface area (Å²) in [6, 6.07) is 10.5. The summed E-state index contributed by atoms with van der Waals surface area (Å²) in [7, 11) is 0. The van der Waals surface area contributed by atoms with Crippen molar-refractivity contribution in [2.24, 2.45) is 15.4 Å². The number of carbonyl (C=O) groups excluding carboxylic acids is 4. The van der Waals surface area contributed by atoms with Gasteiger partial charge in [0, 0.05) is 35.8 Å². The lowest BCUT2D eigenvalue weighted by atomic mass is 9.79. The predicted molar refractivity (Wildman–Crippen MR) is 162 cm³/mol. The zero-order valence-corrected chi connectivity index (χ0v) is 25.3. The van der Waals surface area contributed by atoms with Crippen molar-refractivity contribution in [3.05, 3.63) is 70.9 Å². The third kappa shape index (κ3) is 6.88. The maximum Gasteiger partial charge on any atom is 0.419 e. The Kier molecular flexibility index (Phi) is 9.67. The summed E-state index contributed by atoms with van der Waals surface area (Å²) < 4.78 is 10.0. The van der Waals surface area contributed by atoms with Gasteiger partial charge in [-0.1, -0.05) is 32.0 Å². The highest BCUT2D eigenvalue weighted by Gasteiger charge is 2.49. The largest absolute Gasteiger partial charge is 0.508 e. The summed E-state index contributed by atoms with van der Waals surface area (Å²) in [4.78, 5) is 61.1. The molecule has 0 radical (unpaired) electrons. The summed E-state index contributed by atoms with van der Waals surface area (Å²) in [5.41, 5.74) is 5.04. The molecule has 0 aromatic heterocycles. The summed E-state index contributed by atoms with van der Waals surface area (Å²) in [6.45, 7) is 9.03. The topological polar surface area (TPSA) is 162 Å². The molecule has 232 valence electrons. The number of phenols is 1. The quantitative estimate of drug-likeness (QED) is 0.288. The molecule has 0 bridgehead atoms.